The molecule has 3 fully saturated rings. The molecule has 2 aliphatic heterocycles. The van der Waals surface area contributed by atoms with Gasteiger partial charge >= 0.3 is 0 Å². The summed E-state index contributed by atoms with van der Waals surface area (Å²) < 4.78 is 0. The molecular formula is C22H31N3O2. The highest BCUT2D eigenvalue weighted by atomic mass is 16.2. The Bertz CT molecular complexity index is 671. The molecule has 1 aromatic carbocycles. The Morgan fingerprint density at radius 1 is 0.815 bits per heavy atom. The normalized spacial score (nSPS) is 31.3. The van der Waals surface area contributed by atoms with Crippen molar-refractivity contribution in [1.82, 2.24) is 9.80 Å². The van der Waals surface area contributed by atoms with Gasteiger partial charge in [-0.3, -0.25) is 9.59 Å². The number of carbonyl (C=O) groups excluding carboxylic acids is 2. The topological polar surface area (TPSA) is 66.6 Å². The number of carbonyl (C=O) groups is 2. The van der Waals surface area contributed by atoms with E-state index in [-0.39, 0.29) is 35.6 Å². The molecule has 5 heteroatoms. The van der Waals surface area contributed by atoms with Crippen LogP contribution >= 0.6 is 0 Å². The zero-order valence-corrected chi connectivity index (χ0v) is 16.1. The third kappa shape index (κ3) is 3.75. The molecule has 2 amide bonds. The number of likely N-dealkylation sites (tertiary alicyclic amines) is 2. The van der Waals surface area contributed by atoms with Crippen molar-refractivity contribution in [3.63, 3.8) is 0 Å². The third-order valence-corrected chi connectivity index (χ3v) is 6.72. The van der Waals surface area contributed by atoms with Gasteiger partial charge in [0.1, 0.15) is 0 Å². The Morgan fingerprint density at radius 3 is 2.04 bits per heavy atom. The Hall–Kier alpha value is -1.88. The van der Waals surface area contributed by atoms with Crippen LogP contribution in [0, 0.1) is 11.8 Å². The highest BCUT2D eigenvalue weighted by Crippen LogP contribution is 2.36. The first-order valence-electron chi connectivity index (χ1n) is 10.5. The summed E-state index contributed by atoms with van der Waals surface area (Å²) >= 11 is 0. The number of amides is 2. The molecule has 5 nitrogen and oxygen atoms in total. The van der Waals surface area contributed by atoms with Crippen LogP contribution in [0.2, 0.25) is 0 Å². The smallest absolute Gasteiger partial charge is 0.226 e. The number of hydrogen-bond donors (Lipinski definition) is 1. The molecule has 4 atom stereocenters. The molecule has 2 unspecified atom stereocenters. The lowest BCUT2D eigenvalue weighted by Crippen LogP contribution is -2.46. The van der Waals surface area contributed by atoms with Gasteiger partial charge in [-0.05, 0) is 31.2 Å². The second-order valence-corrected chi connectivity index (χ2v) is 8.45. The van der Waals surface area contributed by atoms with Crippen molar-refractivity contribution in [1.29, 1.82) is 0 Å². The van der Waals surface area contributed by atoms with Gasteiger partial charge < -0.3 is 15.5 Å². The molecule has 0 radical (unpaired) electrons. The van der Waals surface area contributed by atoms with E-state index in [1.54, 1.807) is 0 Å². The number of nitrogens with two attached hydrogens (primary N) is 1. The maximum Gasteiger partial charge on any atom is 0.226 e. The van der Waals surface area contributed by atoms with Crippen LogP contribution < -0.4 is 5.73 Å². The second kappa shape index (κ2) is 8.01. The standard InChI is InChI=1S/C22H31N3O2/c23-20-15-25(14-19(20)16-8-2-1-3-9-16)22(27)18-11-5-4-10-17(18)21(26)24-12-6-7-13-24/h1-3,8-9,17-20H,4-7,10-15,23H2/t17?,18?,19-,20+/m0/s1. The number of benzene rings is 1. The van der Waals surface area contributed by atoms with E-state index in [0.717, 1.165) is 51.6 Å². The Morgan fingerprint density at radius 2 is 1.41 bits per heavy atom. The van der Waals surface area contributed by atoms with E-state index in [1.165, 1.54) is 5.56 Å². The average molecular weight is 370 g/mol. The van der Waals surface area contributed by atoms with Crippen molar-refractivity contribution >= 4 is 11.8 Å². The van der Waals surface area contributed by atoms with Crippen LogP contribution in [0.25, 0.3) is 0 Å². The molecule has 146 valence electrons. The first-order valence-corrected chi connectivity index (χ1v) is 10.5. The number of rotatable bonds is 3. The highest BCUT2D eigenvalue weighted by molar-refractivity contribution is 5.88. The minimum atomic E-state index is -0.159. The van der Waals surface area contributed by atoms with Gasteiger partial charge in [0.25, 0.3) is 0 Å². The first-order chi connectivity index (χ1) is 13.1. The fourth-order valence-electron chi connectivity index (χ4n) is 5.19. The van der Waals surface area contributed by atoms with Gasteiger partial charge in [-0.1, -0.05) is 43.2 Å². The van der Waals surface area contributed by atoms with Crippen LogP contribution in [0.3, 0.4) is 0 Å². The van der Waals surface area contributed by atoms with Crippen molar-refractivity contribution in [2.75, 3.05) is 26.2 Å². The Kier molecular flexibility index (Phi) is 5.48. The molecule has 1 aliphatic carbocycles. The van der Waals surface area contributed by atoms with E-state index in [0.29, 0.717) is 13.1 Å². The molecule has 0 spiro atoms. The molecule has 1 saturated carbocycles. The number of hydrogen-bond acceptors (Lipinski definition) is 3. The number of nitrogens with zero attached hydrogens (tertiary/aromatic N) is 2. The third-order valence-electron chi connectivity index (χ3n) is 6.72. The summed E-state index contributed by atoms with van der Waals surface area (Å²) in [6.45, 7) is 2.99. The molecule has 0 aromatic heterocycles. The maximum atomic E-state index is 13.4. The summed E-state index contributed by atoms with van der Waals surface area (Å²) in [7, 11) is 0. The molecule has 0 bridgehead atoms. The summed E-state index contributed by atoms with van der Waals surface area (Å²) in [5, 5.41) is 0. The van der Waals surface area contributed by atoms with Crippen LogP contribution in [0.1, 0.15) is 50.0 Å². The summed E-state index contributed by atoms with van der Waals surface area (Å²) in [6, 6.07) is 10.2. The molecule has 2 N–H and O–H groups in total. The predicted molar refractivity (Wildman–Crippen MR) is 105 cm³/mol. The zero-order chi connectivity index (χ0) is 18.8. The SMILES string of the molecule is N[C@@H]1CN(C(=O)C2CCCCC2C(=O)N2CCCC2)C[C@H]1c1ccccc1. The Labute approximate surface area is 161 Å². The fraction of sp³-hybridized carbons (Fsp3) is 0.636. The predicted octanol–water partition coefficient (Wildman–Crippen LogP) is 2.37. The van der Waals surface area contributed by atoms with Gasteiger partial charge in [-0.2, -0.15) is 0 Å². The van der Waals surface area contributed by atoms with Gasteiger partial charge in [0.15, 0.2) is 0 Å². The first kappa shape index (κ1) is 18.5. The monoisotopic (exact) mass is 369 g/mol. The van der Waals surface area contributed by atoms with E-state index in [1.807, 2.05) is 28.0 Å². The minimum absolute atomic E-state index is 0.0346. The van der Waals surface area contributed by atoms with Crippen molar-refractivity contribution in [2.24, 2.45) is 17.6 Å². The molecule has 4 rings (SSSR count). The van der Waals surface area contributed by atoms with Crippen LogP contribution in [-0.2, 0) is 9.59 Å². The molecule has 1 aromatic rings. The van der Waals surface area contributed by atoms with Crippen molar-refractivity contribution in [2.45, 2.75) is 50.5 Å². The summed E-state index contributed by atoms with van der Waals surface area (Å²) in [6.07, 6.45) is 5.98. The molecule has 27 heavy (non-hydrogen) atoms. The van der Waals surface area contributed by atoms with E-state index in [4.69, 9.17) is 5.73 Å². The molecule has 3 aliphatic rings. The summed E-state index contributed by atoms with van der Waals surface area (Å²) in [5.74, 6) is 0.270. The summed E-state index contributed by atoms with van der Waals surface area (Å²) in [4.78, 5) is 30.3. The van der Waals surface area contributed by atoms with Gasteiger partial charge in [0.05, 0.1) is 0 Å². The van der Waals surface area contributed by atoms with Gasteiger partial charge in [0, 0.05) is 50.0 Å². The minimum Gasteiger partial charge on any atom is -0.342 e. The van der Waals surface area contributed by atoms with Gasteiger partial charge in [-0.15, -0.1) is 0 Å². The van der Waals surface area contributed by atoms with E-state index >= 15 is 0 Å². The largest absolute Gasteiger partial charge is 0.342 e. The Balaban J connectivity index is 1.46. The quantitative estimate of drug-likeness (QED) is 0.889. The molecular weight excluding hydrogens is 338 g/mol. The molecule has 2 heterocycles. The van der Waals surface area contributed by atoms with Crippen LogP contribution in [0.5, 0.6) is 0 Å². The van der Waals surface area contributed by atoms with E-state index in [2.05, 4.69) is 12.1 Å². The fourth-order valence-corrected chi connectivity index (χ4v) is 5.19. The van der Waals surface area contributed by atoms with Crippen LogP contribution in [-0.4, -0.2) is 53.8 Å². The zero-order valence-electron chi connectivity index (χ0n) is 16.1. The van der Waals surface area contributed by atoms with Crippen LogP contribution in [0.4, 0.5) is 0 Å². The second-order valence-electron chi connectivity index (χ2n) is 8.45. The average Bonchev–Trinajstić information content (AvgIpc) is 3.37. The van der Waals surface area contributed by atoms with Crippen molar-refractivity contribution in [3.8, 4) is 0 Å². The highest BCUT2D eigenvalue weighted by Gasteiger charge is 2.43. The maximum absolute atomic E-state index is 13.4. The van der Waals surface area contributed by atoms with E-state index < -0.39 is 0 Å². The molecule has 2 saturated heterocycles. The summed E-state index contributed by atoms with van der Waals surface area (Å²) in [5.41, 5.74) is 7.60. The lowest BCUT2D eigenvalue weighted by molar-refractivity contribution is -0.147. The lowest BCUT2D eigenvalue weighted by Gasteiger charge is -2.34. The van der Waals surface area contributed by atoms with E-state index in [9.17, 15) is 9.59 Å². The van der Waals surface area contributed by atoms with Gasteiger partial charge in [0.2, 0.25) is 11.8 Å². The lowest BCUT2D eigenvalue weighted by atomic mass is 9.77. The van der Waals surface area contributed by atoms with Gasteiger partial charge in [-0.25, -0.2) is 0 Å². The van der Waals surface area contributed by atoms with Crippen LogP contribution in [0.15, 0.2) is 30.3 Å². The van der Waals surface area contributed by atoms with Crippen molar-refractivity contribution < 1.29 is 9.59 Å². The van der Waals surface area contributed by atoms with Crippen molar-refractivity contribution in [3.05, 3.63) is 35.9 Å².